The van der Waals surface area contributed by atoms with E-state index in [-0.39, 0.29) is 12.0 Å². The highest BCUT2D eigenvalue weighted by molar-refractivity contribution is 5.93. The number of piperazine rings is 1. The molecular formula is C20H23N3O2. The van der Waals surface area contributed by atoms with E-state index in [4.69, 9.17) is 4.74 Å². The zero-order valence-corrected chi connectivity index (χ0v) is 14.3. The Morgan fingerprint density at radius 1 is 1.08 bits per heavy atom. The number of aromatic nitrogens is 1. The molecule has 1 amide bonds. The van der Waals surface area contributed by atoms with E-state index >= 15 is 0 Å². The first-order valence-electron chi connectivity index (χ1n) is 9.31. The van der Waals surface area contributed by atoms with Gasteiger partial charge in [0.1, 0.15) is 0 Å². The van der Waals surface area contributed by atoms with Gasteiger partial charge in [-0.25, -0.2) is 0 Å². The van der Waals surface area contributed by atoms with E-state index in [1.165, 1.54) is 11.1 Å². The van der Waals surface area contributed by atoms with Crippen molar-refractivity contribution in [2.45, 2.75) is 31.5 Å². The number of amides is 1. The predicted molar refractivity (Wildman–Crippen MR) is 96.5 cm³/mol. The first-order chi connectivity index (χ1) is 12.3. The Morgan fingerprint density at radius 3 is 2.68 bits per heavy atom. The second-order valence-corrected chi connectivity index (χ2v) is 7.41. The van der Waals surface area contributed by atoms with E-state index in [0.717, 1.165) is 50.8 Å². The molecule has 3 atom stereocenters. The topological polar surface area (TPSA) is 45.7 Å². The minimum Gasteiger partial charge on any atom is -0.374 e. The van der Waals surface area contributed by atoms with Crippen molar-refractivity contribution in [3.8, 4) is 0 Å². The van der Waals surface area contributed by atoms with Crippen molar-refractivity contribution in [3.63, 3.8) is 0 Å². The average molecular weight is 337 g/mol. The predicted octanol–water partition coefficient (Wildman–Crippen LogP) is 2.45. The van der Waals surface area contributed by atoms with Crippen LogP contribution in [0, 0.1) is 5.92 Å². The third-order valence-electron chi connectivity index (χ3n) is 6.00. The van der Waals surface area contributed by atoms with Crippen LogP contribution in [0.15, 0.2) is 36.7 Å². The van der Waals surface area contributed by atoms with Crippen LogP contribution in [0.2, 0.25) is 0 Å². The molecule has 0 saturated carbocycles. The molecule has 4 heterocycles. The molecule has 0 aliphatic carbocycles. The van der Waals surface area contributed by atoms with Crippen molar-refractivity contribution in [3.05, 3.63) is 36.7 Å². The number of benzene rings is 1. The Labute approximate surface area is 147 Å². The van der Waals surface area contributed by atoms with E-state index < -0.39 is 0 Å². The highest BCUT2D eigenvalue weighted by Gasteiger charge is 2.45. The molecule has 5 heteroatoms. The standard InChI is InChI=1S/C20H23N3O2/c24-20(17-11-15-5-6-19(17)25-15)23-9-7-22(8-10-23)18-13-21-12-14-3-1-2-4-16(14)18/h1-4,12-13,15,17,19H,5-11H2/t15-,17-,19+/m1/s1. The Morgan fingerprint density at radius 2 is 1.92 bits per heavy atom. The molecule has 3 aliphatic heterocycles. The van der Waals surface area contributed by atoms with Crippen molar-refractivity contribution in [2.24, 2.45) is 5.92 Å². The second-order valence-electron chi connectivity index (χ2n) is 7.41. The van der Waals surface area contributed by atoms with Crippen LogP contribution in [0.1, 0.15) is 19.3 Å². The van der Waals surface area contributed by atoms with Gasteiger partial charge in [-0.05, 0) is 19.3 Å². The molecule has 0 radical (unpaired) electrons. The summed E-state index contributed by atoms with van der Waals surface area (Å²) in [6.07, 6.45) is 7.49. The van der Waals surface area contributed by atoms with Gasteiger partial charge in [-0.2, -0.15) is 0 Å². The number of anilines is 1. The van der Waals surface area contributed by atoms with Crippen LogP contribution in [0.3, 0.4) is 0 Å². The van der Waals surface area contributed by atoms with Gasteiger partial charge >= 0.3 is 0 Å². The summed E-state index contributed by atoms with van der Waals surface area (Å²) in [6, 6.07) is 8.36. The third kappa shape index (κ3) is 2.58. The highest BCUT2D eigenvalue weighted by Crippen LogP contribution is 2.39. The zero-order chi connectivity index (χ0) is 16.8. The maximum atomic E-state index is 12.9. The van der Waals surface area contributed by atoms with Crippen molar-refractivity contribution >= 4 is 22.4 Å². The summed E-state index contributed by atoms with van der Waals surface area (Å²) in [7, 11) is 0. The number of pyridine rings is 1. The fourth-order valence-electron chi connectivity index (χ4n) is 4.65. The Hall–Kier alpha value is -2.14. The van der Waals surface area contributed by atoms with E-state index in [9.17, 15) is 4.79 Å². The van der Waals surface area contributed by atoms with Crippen molar-refractivity contribution in [1.29, 1.82) is 0 Å². The van der Waals surface area contributed by atoms with Gasteiger partial charge in [-0.15, -0.1) is 0 Å². The third-order valence-corrected chi connectivity index (χ3v) is 6.00. The molecule has 2 aromatic rings. The molecule has 2 bridgehead atoms. The lowest BCUT2D eigenvalue weighted by atomic mass is 9.88. The van der Waals surface area contributed by atoms with E-state index in [1.807, 2.05) is 23.4 Å². The van der Waals surface area contributed by atoms with Crippen molar-refractivity contribution in [1.82, 2.24) is 9.88 Å². The summed E-state index contributed by atoms with van der Waals surface area (Å²) in [5.41, 5.74) is 1.17. The number of rotatable bonds is 2. The highest BCUT2D eigenvalue weighted by atomic mass is 16.5. The fraction of sp³-hybridized carbons (Fsp3) is 0.500. The van der Waals surface area contributed by atoms with E-state index in [0.29, 0.717) is 12.0 Å². The Bertz CT molecular complexity index is 795. The van der Waals surface area contributed by atoms with Crippen LogP contribution >= 0.6 is 0 Å². The number of carbonyl (C=O) groups excluding carboxylic acids is 1. The average Bonchev–Trinajstić information content (AvgIpc) is 3.31. The lowest BCUT2D eigenvalue weighted by molar-refractivity contribution is -0.137. The van der Waals surface area contributed by atoms with Gasteiger partial charge in [0.2, 0.25) is 5.91 Å². The number of nitrogens with zero attached hydrogens (tertiary/aromatic N) is 3. The molecule has 1 aromatic carbocycles. The van der Waals surface area contributed by atoms with Crippen LogP contribution in [0.5, 0.6) is 0 Å². The molecule has 5 nitrogen and oxygen atoms in total. The first kappa shape index (κ1) is 15.1. The summed E-state index contributed by atoms with van der Waals surface area (Å²) in [4.78, 5) is 21.7. The van der Waals surface area contributed by atoms with Gasteiger partial charge in [0.05, 0.1) is 30.0 Å². The summed E-state index contributed by atoms with van der Waals surface area (Å²) >= 11 is 0. The fourth-order valence-corrected chi connectivity index (χ4v) is 4.65. The second kappa shape index (κ2) is 5.99. The minimum absolute atomic E-state index is 0.101. The van der Waals surface area contributed by atoms with E-state index in [1.54, 1.807) is 0 Å². The van der Waals surface area contributed by atoms with Crippen molar-refractivity contribution in [2.75, 3.05) is 31.1 Å². The molecule has 1 aromatic heterocycles. The minimum atomic E-state index is 0.101. The normalized spacial score (nSPS) is 28.7. The molecule has 5 rings (SSSR count). The lowest BCUT2D eigenvalue weighted by Crippen LogP contribution is -2.51. The maximum absolute atomic E-state index is 12.9. The molecule has 3 saturated heterocycles. The molecule has 0 spiro atoms. The van der Waals surface area contributed by atoms with Crippen molar-refractivity contribution < 1.29 is 9.53 Å². The zero-order valence-electron chi connectivity index (χ0n) is 14.3. The Kier molecular flexibility index (Phi) is 3.63. The van der Waals surface area contributed by atoms with Gasteiger partial charge < -0.3 is 14.5 Å². The van der Waals surface area contributed by atoms with Crippen LogP contribution in [0.25, 0.3) is 10.8 Å². The van der Waals surface area contributed by atoms with Gasteiger partial charge in [-0.1, -0.05) is 24.3 Å². The number of hydrogen-bond donors (Lipinski definition) is 0. The van der Waals surface area contributed by atoms with Crippen LogP contribution in [-0.2, 0) is 9.53 Å². The largest absolute Gasteiger partial charge is 0.374 e. The smallest absolute Gasteiger partial charge is 0.228 e. The number of carbonyl (C=O) groups is 1. The van der Waals surface area contributed by atoms with Gasteiger partial charge in [-0.3, -0.25) is 9.78 Å². The summed E-state index contributed by atoms with van der Waals surface area (Å²) < 4.78 is 5.87. The number of hydrogen-bond acceptors (Lipinski definition) is 4. The van der Waals surface area contributed by atoms with Crippen LogP contribution in [-0.4, -0.2) is 54.2 Å². The summed E-state index contributed by atoms with van der Waals surface area (Å²) in [6.45, 7) is 3.30. The molecule has 130 valence electrons. The summed E-state index contributed by atoms with van der Waals surface area (Å²) in [5.74, 6) is 0.410. The number of fused-ring (bicyclic) bond motifs is 3. The van der Waals surface area contributed by atoms with Gasteiger partial charge in [0.25, 0.3) is 0 Å². The van der Waals surface area contributed by atoms with Gasteiger partial charge in [0, 0.05) is 43.1 Å². The maximum Gasteiger partial charge on any atom is 0.228 e. The van der Waals surface area contributed by atoms with Gasteiger partial charge in [0.15, 0.2) is 0 Å². The molecule has 0 unspecified atom stereocenters. The number of ether oxygens (including phenoxy) is 1. The molecule has 3 aliphatic rings. The lowest BCUT2D eigenvalue weighted by Gasteiger charge is -2.38. The molecular weight excluding hydrogens is 314 g/mol. The quantitative estimate of drug-likeness (QED) is 0.844. The van der Waals surface area contributed by atoms with Crippen LogP contribution in [0.4, 0.5) is 5.69 Å². The first-order valence-corrected chi connectivity index (χ1v) is 9.31. The SMILES string of the molecule is O=C([C@@H]1C[C@H]2CC[C@@H]1O2)N1CCN(c2cncc3ccccc23)CC1. The van der Waals surface area contributed by atoms with Crippen LogP contribution < -0.4 is 4.90 Å². The monoisotopic (exact) mass is 337 g/mol. The molecule has 0 N–H and O–H groups in total. The molecule has 25 heavy (non-hydrogen) atoms. The Balaban J connectivity index is 1.29. The molecule has 3 fully saturated rings. The summed E-state index contributed by atoms with van der Waals surface area (Å²) in [5, 5.41) is 2.40. The van der Waals surface area contributed by atoms with E-state index in [2.05, 4.69) is 28.1 Å².